The van der Waals surface area contributed by atoms with Crippen molar-refractivity contribution >= 4 is 57.0 Å². The van der Waals surface area contributed by atoms with E-state index in [9.17, 15) is 24.1 Å². The van der Waals surface area contributed by atoms with E-state index < -0.39 is 34.5 Å². The SMILES string of the molecule is O=C(COc1c(C=Nn2c(-c3cc4ccccc4o3)nc3ccccc3c2=O)cc(Cl)cc1[N+](=O)[O-])Nc1cccc(F)c1. The van der Waals surface area contributed by atoms with Crippen LogP contribution in [0.2, 0.25) is 5.02 Å². The molecule has 4 aromatic carbocycles. The van der Waals surface area contributed by atoms with Gasteiger partial charge in [-0.2, -0.15) is 9.78 Å². The van der Waals surface area contributed by atoms with Gasteiger partial charge in [0.05, 0.1) is 22.0 Å². The molecule has 0 saturated carbocycles. The maximum absolute atomic E-state index is 13.6. The molecule has 0 saturated heterocycles. The third kappa shape index (κ3) is 5.74. The summed E-state index contributed by atoms with van der Waals surface area (Å²) in [5, 5.41) is 19.7. The normalized spacial score (nSPS) is 11.3. The van der Waals surface area contributed by atoms with Gasteiger partial charge in [-0.05, 0) is 48.5 Å². The molecule has 0 radical (unpaired) electrons. The fourth-order valence-corrected chi connectivity index (χ4v) is 4.71. The third-order valence-corrected chi connectivity index (χ3v) is 6.65. The number of hydrogen-bond donors (Lipinski definition) is 1. The summed E-state index contributed by atoms with van der Waals surface area (Å²) in [5.41, 5.74) is 0.0738. The standard InChI is InChI=1S/C31H19ClFN5O6/c32-20-12-19(29(25(14-20)38(41)42)43-17-28(39)35-22-8-5-7-21(33)15-22)16-34-37-30(27-13-18-6-1-4-11-26(18)44-27)36-24-10-3-2-9-23(24)31(37)40/h1-16H,17H2,(H,35,39). The molecular formula is C31H19ClFN5O6. The summed E-state index contributed by atoms with van der Waals surface area (Å²) in [7, 11) is 0. The molecule has 2 heterocycles. The number of benzene rings is 4. The van der Waals surface area contributed by atoms with Crippen molar-refractivity contribution in [1.29, 1.82) is 0 Å². The lowest BCUT2D eigenvalue weighted by Gasteiger charge is -2.11. The van der Waals surface area contributed by atoms with Crippen LogP contribution in [0, 0.1) is 15.9 Å². The molecule has 218 valence electrons. The number of nitro groups is 1. The number of hydrogen-bond acceptors (Lipinski definition) is 8. The van der Waals surface area contributed by atoms with E-state index in [1.54, 1.807) is 42.5 Å². The molecule has 6 aromatic rings. The molecule has 6 rings (SSSR count). The van der Waals surface area contributed by atoms with E-state index in [-0.39, 0.29) is 39.0 Å². The molecule has 13 heteroatoms. The second-order valence-corrected chi connectivity index (χ2v) is 9.85. The molecule has 1 amide bonds. The fraction of sp³-hybridized carbons (Fsp3) is 0.0323. The number of amides is 1. The zero-order chi connectivity index (χ0) is 30.8. The van der Waals surface area contributed by atoms with Crippen molar-refractivity contribution in [2.45, 2.75) is 0 Å². The first-order valence-corrected chi connectivity index (χ1v) is 13.4. The maximum Gasteiger partial charge on any atom is 0.313 e. The van der Waals surface area contributed by atoms with Crippen LogP contribution in [0.4, 0.5) is 15.8 Å². The van der Waals surface area contributed by atoms with Crippen molar-refractivity contribution in [2.24, 2.45) is 5.10 Å². The van der Waals surface area contributed by atoms with Gasteiger partial charge in [-0.3, -0.25) is 19.7 Å². The minimum atomic E-state index is -0.730. The monoisotopic (exact) mass is 611 g/mol. The number of nitrogens with zero attached hydrogens (tertiary/aromatic N) is 4. The van der Waals surface area contributed by atoms with Crippen molar-refractivity contribution in [3.63, 3.8) is 0 Å². The number of nitro benzene ring substituents is 1. The Bertz CT molecular complexity index is 2140. The second-order valence-electron chi connectivity index (χ2n) is 9.41. The largest absolute Gasteiger partial charge is 0.476 e. The molecular weight excluding hydrogens is 593 g/mol. The Morgan fingerprint density at radius 2 is 1.89 bits per heavy atom. The lowest BCUT2D eigenvalue weighted by atomic mass is 10.2. The summed E-state index contributed by atoms with van der Waals surface area (Å²) in [6, 6.07) is 23.3. The van der Waals surface area contributed by atoms with Gasteiger partial charge in [0, 0.05) is 27.7 Å². The summed E-state index contributed by atoms with van der Waals surface area (Å²) in [6.45, 7) is -0.665. The van der Waals surface area contributed by atoms with E-state index >= 15 is 0 Å². The molecule has 0 unspecified atom stereocenters. The quantitative estimate of drug-likeness (QED) is 0.119. The summed E-state index contributed by atoms with van der Waals surface area (Å²) < 4.78 is 26.1. The van der Waals surface area contributed by atoms with Gasteiger partial charge in [-0.15, -0.1) is 0 Å². The summed E-state index contributed by atoms with van der Waals surface area (Å²) in [5.74, 6) is -1.26. The summed E-state index contributed by atoms with van der Waals surface area (Å²) in [6.07, 6.45) is 1.14. The van der Waals surface area contributed by atoms with Crippen LogP contribution < -0.4 is 15.6 Å². The zero-order valence-corrected chi connectivity index (χ0v) is 23.2. The van der Waals surface area contributed by atoms with Crippen LogP contribution in [0.15, 0.2) is 105 Å². The van der Waals surface area contributed by atoms with Crippen molar-refractivity contribution in [2.75, 3.05) is 11.9 Å². The number of halogens is 2. The van der Waals surface area contributed by atoms with Crippen LogP contribution in [-0.4, -0.2) is 33.3 Å². The second kappa shape index (κ2) is 11.8. The van der Waals surface area contributed by atoms with Crippen LogP contribution in [-0.2, 0) is 4.79 Å². The van der Waals surface area contributed by atoms with E-state index in [0.29, 0.717) is 11.1 Å². The maximum atomic E-state index is 13.6. The average Bonchev–Trinajstić information content (AvgIpc) is 3.44. The van der Waals surface area contributed by atoms with Crippen LogP contribution >= 0.6 is 11.6 Å². The highest BCUT2D eigenvalue weighted by molar-refractivity contribution is 6.31. The number of anilines is 1. The van der Waals surface area contributed by atoms with Crippen LogP contribution in [0.3, 0.4) is 0 Å². The van der Waals surface area contributed by atoms with Crippen molar-refractivity contribution in [1.82, 2.24) is 9.66 Å². The Morgan fingerprint density at radius 3 is 2.68 bits per heavy atom. The molecule has 0 spiro atoms. The van der Waals surface area contributed by atoms with Gasteiger partial charge in [0.15, 0.2) is 12.4 Å². The van der Waals surface area contributed by atoms with Crippen LogP contribution in [0.5, 0.6) is 5.75 Å². The number of furan rings is 1. The Balaban J connectivity index is 1.41. The Hall–Kier alpha value is -5.88. The number of carbonyl (C=O) groups is 1. The lowest BCUT2D eigenvalue weighted by molar-refractivity contribution is -0.385. The Kier molecular flexibility index (Phi) is 7.56. The molecule has 11 nitrogen and oxygen atoms in total. The minimum Gasteiger partial charge on any atom is -0.476 e. The number of para-hydroxylation sites is 2. The molecule has 0 aliphatic rings. The van der Waals surface area contributed by atoms with Gasteiger partial charge < -0.3 is 14.5 Å². The number of ether oxygens (including phenoxy) is 1. The molecule has 44 heavy (non-hydrogen) atoms. The molecule has 0 aliphatic carbocycles. The topological polar surface area (TPSA) is 142 Å². The van der Waals surface area contributed by atoms with Gasteiger partial charge >= 0.3 is 5.69 Å². The van der Waals surface area contributed by atoms with E-state index in [1.165, 1.54) is 24.3 Å². The van der Waals surface area contributed by atoms with Gasteiger partial charge in [0.1, 0.15) is 11.4 Å². The highest BCUT2D eigenvalue weighted by atomic mass is 35.5. The van der Waals surface area contributed by atoms with Crippen LogP contribution in [0.25, 0.3) is 33.5 Å². The van der Waals surface area contributed by atoms with E-state index in [1.807, 2.05) is 12.1 Å². The molecule has 0 atom stereocenters. The minimum absolute atomic E-state index is 0.00151. The average molecular weight is 612 g/mol. The van der Waals surface area contributed by atoms with Gasteiger partial charge in [-0.1, -0.05) is 48.0 Å². The lowest BCUT2D eigenvalue weighted by Crippen LogP contribution is -2.21. The van der Waals surface area contributed by atoms with Gasteiger partial charge in [0.2, 0.25) is 11.6 Å². The molecule has 0 aliphatic heterocycles. The zero-order valence-electron chi connectivity index (χ0n) is 22.4. The smallest absolute Gasteiger partial charge is 0.313 e. The summed E-state index contributed by atoms with van der Waals surface area (Å²) >= 11 is 6.18. The van der Waals surface area contributed by atoms with Gasteiger partial charge in [-0.25, -0.2) is 9.37 Å². The number of fused-ring (bicyclic) bond motifs is 2. The molecule has 0 fully saturated rings. The molecule has 0 bridgehead atoms. The number of aromatic nitrogens is 2. The Morgan fingerprint density at radius 1 is 1.09 bits per heavy atom. The van der Waals surface area contributed by atoms with Crippen molar-refractivity contribution < 1.29 is 23.3 Å². The number of carbonyl (C=O) groups excluding carboxylic acids is 1. The Labute approximate surface area is 251 Å². The fourth-order valence-electron chi connectivity index (χ4n) is 4.49. The first-order chi connectivity index (χ1) is 21.3. The molecule has 1 N–H and O–H groups in total. The predicted octanol–water partition coefficient (Wildman–Crippen LogP) is 6.41. The first-order valence-electron chi connectivity index (χ1n) is 13.0. The van der Waals surface area contributed by atoms with E-state index in [4.69, 9.17) is 20.8 Å². The van der Waals surface area contributed by atoms with Crippen LogP contribution in [0.1, 0.15) is 5.56 Å². The summed E-state index contributed by atoms with van der Waals surface area (Å²) in [4.78, 5) is 41.9. The first kappa shape index (κ1) is 28.2. The van der Waals surface area contributed by atoms with Crippen molar-refractivity contribution in [3.8, 4) is 17.3 Å². The van der Waals surface area contributed by atoms with Gasteiger partial charge in [0.25, 0.3) is 11.5 Å². The van der Waals surface area contributed by atoms with E-state index in [2.05, 4.69) is 15.4 Å². The number of nitrogens with one attached hydrogen (secondary N) is 1. The predicted molar refractivity (Wildman–Crippen MR) is 163 cm³/mol. The number of rotatable bonds is 8. The third-order valence-electron chi connectivity index (χ3n) is 6.43. The highest BCUT2D eigenvalue weighted by Crippen LogP contribution is 2.34. The van der Waals surface area contributed by atoms with Crippen molar-refractivity contribution in [3.05, 3.63) is 128 Å². The van der Waals surface area contributed by atoms with E-state index in [0.717, 1.165) is 28.4 Å². The highest BCUT2D eigenvalue weighted by Gasteiger charge is 2.22. The molecule has 2 aromatic heterocycles.